The maximum absolute atomic E-state index is 12.3. The van der Waals surface area contributed by atoms with Crippen molar-refractivity contribution >= 4 is 21.4 Å². The molecular formula is C26H26ClNO4S. The molecule has 1 aromatic heterocycles. The van der Waals surface area contributed by atoms with E-state index >= 15 is 0 Å². The summed E-state index contributed by atoms with van der Waals surface area (Å²) in [4.78, 5) is 4.65. The molecule has 0 amide bonds. The first-order valence-corrected chi connectivity index (χ1v) is 13.3. The minimum absolute atomic E-state index is 0.0419. The summed E-state index contributed by atoms with van der Waals surface area (Å²) in [6.07, 6.45) is 7.88. The van der Waals surface area contributed by atoms with E-state index in [0.717, 1.165) is 48.1 Å². The number of rotatable bonds is 9. The van der Waals surface area contributed by atoms with E-state index < -0.39 is 15.4 Å². The molecule has 2 aromatic carbocycles. The second-order valence-electron chi connectivity index (χ2n) is 8.67. The van der Waals surface area contributed by atoms with E-state index in [1.165, 1.54) is 0 Å². The summed E-state index contributed by atoms with van der Waals surface area (Å²) in [5.41, 5.74) is 3.29. The largest absolute Gasteiger partial charge is 0.490 e. The van der Waals surface area contributed by atoms with Crippen LogP contribution in [0.25, 0.3) is 11.1 Å². The van der Waals surface area contributed by atoms with E-state index in [-0.39, 0.29) is 17.3 Å². The molecule has 7 heteroatoms. The number of benzene rings is 2. The molecule has 2 aliphatic carbocycles. The molecule has 0 atom stereocenters. The molecule has 0 N–H and O–H groups in total. The van der Waals surface area contributed by atoms with Crippen LogP contribution in [0, 0.1) is 0 Å². The molecule has 0 bridgehead atoms. The lowest BCUT2D eigenvalue weighted by Crippen LogP contribution is -2.14. The molecule has 3 aromatic rings. The van der Waals surface area contributed by atoms with Crippen molar-refractivity contribution < 1.29 is 17.9 Å². The van der Waals surface area contributed by atoms with Crippen LogP contribution < -0.4 is 4.74 Å². The van der Waals surface area contributed by atoms with Gasteiger partial charge in [0.2, 0.25) is 0 Å². The molecule has 2 fully saturated rings. The first-order valence-electron chi connectivity index (χ1n) is 11.3. The zero-order chi connectivity index (χ0) is 23.1. The van der Waals surface area contributed by atoms with Crippen molar-refractivity contribution in [1.82, 2.24) is 4.98 Å². The van der Waals surface area contributed by atoms with Crippen LogP contribution in [0.5, 0.6) is 5.75 Å². The highest BCUT2D eigenvalue weighted by molar-refractivity contribution is 7.91. The van der Waals surface area contributed by atoms with Gasteiger partial charge >= 0.3 is 0 Å². The number of aromatic nitrogens is 1. The number of pyridine rings is 1. The molecule has 0 spiro atoms. The van der Waals surface area contributed by atoms with Crippen LogP contribution >= 0.6 is 11.6 Å². The number of sulfone groups is 1. The van der Waals surface area contributed by atoms with E-state index in [1.54, 1.807) is 31.3 Å². The van der Waals surface area contributed by atoms with Crippen LogP contribution in [0.1, 0.15) is 43.7 Å². The molecule has 2 aliphatic rings. The third-order valence-corrected chi connectivity index (χ3v) is 8.37. The molecule has 5 rings (SSSR count). The van der Waals surface area contributed by atoms with E-state index in [1.807, 2.05) is 30.5 Å². The van der Waals surface area contributed by atoms with Gasteiger partial charge in [0, 0.05) is 28.5 Å². The van der Waals surface area contributed by atoms with Crippen LogP contribution in [-0.2, 0) is 26.8 Å². The van der Waals surface area contributed by atoms with Crippen molar-refractivity contribution in [1.29, 1.82) is 0 Å². The molecular weight excluding hydrogens is 458 g/mol. The van der Waals surface area contributed by atoms with Gasteiger partial charge in [0.05, 0.1) is 29.0 Å². The minimum Gasteiger partial charge on any atom is -0.490 e. The minimum atomic E-state index is -3.32. The van der Waals surface area contributed by atoms with E-state index in [0.29, 0.717) is 16.7 Å². The fourth-order valence-electron chi connectivity index (χ4n) is 3.99. The Hall–Kier alpha value is -2.41. The van der Waals surface area contributed by atoms with Gasteiger partial charge in [0.25, 0.3) is 0 Å². The Morgan fingerprint density at radius 1 is 1.09 bits per heavy atom. The van der Waals surface area contributed by atoms with Crippen molar-refractivity contribution in [2.75, 3.05) is 5.75 Å². The molecule has 0 aliphatic heterocycles. The zero-order valence-electron chi connectivity index (χ0n) is 18.5. The van der Waals surface area contributed by atoms with Gasteiger partial charge < -0.3 is 9.47 Å². The number of para-hydroxylation sites is 1. The van der Waals surface area contributed by atoms with Crippen molar-refractivity contribution in [3.63, 3.8) is 0 Å². The van der Waals surface area contributed by atoms with Crippen LogP contribution in [0.2, 0.25) is 5.02 Å². The molecule has 2 saturated carbocycles. The first-order chi connectivity index (χ1) is 15.9. The van der Waals surface area contributed by atoms with Crippen molar-refractivity contribution in [2.24, 2.45) is 0 Å². The standard InChI is InChI=1S/C26H26ClNO4S/c1-2-33(29,30)20-9-10-24(27)18(15-20)17-31-26(12-13-26)23-16-28-14-11-21(23)22-5-3-4-6-25(22)32-19-7-8-19/h3-6,9-11,14-16,19H,2,7-8,12-13,17H2,1H3. The monoisotopic (exact) mass is 483 g/mol. The molecule has 0 saturated heterocycles. The highest BCUT2D eigenvalue weighted by Gasteiger charge is 2.47. The number of nitrogens with zero attached hydrogens (tertiary/aromatic N) is 1. The van der Waals surface area contributed by atoms with Gasteiger partial charge in [-0.1, -0.05) is 36.7 Å². The normalized spacial score (nSPS) is 17.0. The molecule has 172 valence electrons. The van der Waals surface area contributed by atoms with E-state index in [9.17, 15) is 8.42 Å². The average molecular weight is 484 g/mol. The summed E-state index contributed by atoms with van der Waals surface area (Å²) in [6, 6.07) is 14.9. The maximum atomic E-state index is 12.3. The Labute approximate surface area is 199 Å². The van der Waals surface area contributed by atoms with Gasteiger partial charge in [0.15, 0.2) is 9.84 Å². The summed E-state index contributed by atoms with van der Waals surface area (Å²) in [6.45, 7) is 1.86. The molecule has 5 nitrogen and oxygen atoms in total. The van der Waals surface area contributed by atoms with E-state index in [4.69, 9.17) is 21.1 Å². The van der Waals surface area contributed by atoms with Crippen LogP contribution in [0.3, 0.4) is 0 Å². The summed E-state index contributed by atoms with van der Waals surface area (Å²) < 4.78 is 37.2. The van der Waals surface area contributed by atoms with Crippen LogP contribution in [0.4, 0.5) is 0 Å². The third-order valence-electron chi connectivity index (χ3n) is 6.27. The zero-order valence-corrected chi connectivity index (χ0v) is 20.0. The third kappa shape index (κ3) is 4.65. The van der Waals surface area contributed by atoms with Crippen molar-refractivity contribution in [2.45, 2.75) is 55.8 Å². The SMILES string of the molecule is CCS(=O)(=O)c1ccc(Cl)c(COC2(c3cnccc3-c3ccccc3OC3CC3)CC2)c1. The van der Waals surface area contributed by atoms with Gasteiger partial charge in [-0.15, -0.1) is 0 Å². The first kappa shape index (κ1) is 22.4. The number of halogens is 1. The Morgan fingerprint density at radius 2 is 1.88 bits per heavy atom. The fourth-order valence-corrected chi connectivity index (χ4v) is 5.10. The number of ether oxygens (including phenoxy) is 2. The van der Waals surface area contributed by atoms with Gasteiger partial charge in [-0.3, -0.25) is 4.98 Å². The smallest absolute Gasteiger partial charge is 0.178 e. The Morgan fingerprint density at radius 3 is 2.61 bits per heavy atom. The summed E-state index contributed by atoms with van der Waals surface area (Å²) in [5.74, 6) is 0.920. The Balaban J connectivity index is 1.44. The number of hydrogen-bond donors (Lipinski definition) is 0. The summed E-state index contributed by atoms with van der Waals surface area (Å²) in [5, 5.41) is 0.496. The van der Waals surface area contributed by atoms with Crippen molar-refractivity contribution in [3.05, 3.63) is 77.1 Å². The quantitative estimate of drug-likeness (QED) is 0.376. The van der Waals surface area contributed by atoms with Crippen LogP contribution in [0.15, 0.2) is 65.8 Å². The van der Waals surface area contributed by atoms with Gasteiger partial charge in [0.1, 0.15) is 5.75 Å². The predicted octanol–water partition coefficient (Wildman–Crippen LogP) is 5.94. The highest BCUT2D eigenvalue weighted by atomic mass is 35.5. The second kappa shape index (κ2) is 8.75. The lowest BCUT2D eigenvalue weighted by molar-refractivity contribution is 0.0173. The molecule has 1 heterocycles. The Kier molecular flexibility index (Phi) is 5.93. The lowest BCUT2D eigenvalue weighted by Gasteiger charge is -2.22. The summed E-state index contributed by atoms with van der Waals surface area (Å²) in [7, 11) is -3.32. The van der Waals surface area contributed by atoms with Gasteiger partial charge in [-0.25, -0.2) is 8.42 Å². The maximum Gasteiger partial charge on any atom is 0.178 e. The van der Waals surface area contributed by atoms with Gasteiger partial charge in [-0.2, -0.15) is 0 Å². The van der Waals surface area contributed by atoms with Crippen LogP contribution in [-0.4, -0.2) is 25.3 Å². The topological polar surface area (TPSA) is 65.5 Å². The molecule has 33 heavy (non-hydrogen) atoms. The van der Waals surface area contributed by atoms with Gasteiger partial charge in [-0.05, 0) is 67.1 Å². The lowest BCUT2D eigenvalue weighted by atomic mass is 9.96. The fraction of sp³-hybridized carbons (Fsp3) is 0.346. The van der Waals surface area contributed by atoms with Crippen molar-refractivity contribution in [3.8, 4) is 16.9 Å². The molecule has 0 unspecified atom stereocenters. The van der Waals surface area contributed by atoms with E-state index in [2.05, 4.69) is 11.1 Å². The Bertz CT molecular complexity index is 1280. The second-order valence-corrected chi connectivity index (χ2v) is 11.4. The highest BCUT2D eigenvalue weighted by Crippen LogP contribution is 2.53. The number of hydrogen-bond acceptors (Lipinski definition) is 5. The predicted molar refractivity (Wildman–Crippen MR) is 128 cm³/mol. The average Bonchev–Trinajstić information content (AvgIpc) is 3.76. The summed E-state index contributed by atoms with van der Waals surface area (Å²) >= 11 is 6.38. The molecule has 0 radical (unpaired) electrons.